The van der Waals surface area contributed by atoms with Crippen molar-refractivity contribution in [1.82, 2.24) is 14.5 Å². The lowest BCUT2D eigenvalue weighted by Crippen LogP contribution is -2.21. The van der Waals surface area contributed by atoms with Gasteiger partial charge in [-0.15, -0.1) is 11.3 Å². The topological polar surface area (TPSA) is 47.8 Å². The maximum Gasteiger partial charge on any atom is 0.261 e. The van der Waals surface area contributed by atoms with Crippen LogP contribution in [-0.2, 0) is 6.54 Å². The van der Waals surface area contributed by atoms with Crippen molar-refractivity contribution in [2.75, 3.05) is 0 Å². The molecule has 25 heavy (non-hydrogen) atoms. The Kier molecular flexibility index (Phi) is 4.07. The van der Waals surface area contributed by atoms with E-state index in [2.05, 4.69) is 9.97 Å². The Hall–Kier alpha value is -2.57. The van der Waals surface area contributed by atoms with Gasteiger partial charge in [0, 0.05) is 17.0 Å². The monoisotopic (exact) mass is 371 g/mol. The molecule has 4 nitrogen and oxygen atoms in total. The molecular weight excluding hydrogens is 361 g/mol. The minimum atomic E-state index is -0.416. The zero-order chi connectivity index (χ0) is 17.4. The molecule has 0 fully saturated rings. The second kappa shape index (κ2) is 6.38. The first-order valence-electron chi connectivity index (χ1n) is 7.46. The highest BCUT2D eigenvalue weighted by Crippen LogP contribution is 2.30. The number of hydrogen-bond acceptors (Lipinski definition) is 4. The summed E-state index contributed by atoms with van der Waals surface area (Å²) in [6.07, 6.45) is 1.42. The SMILES string of the molecule is O=c1c2ccc(F)cc2ncn1Cc1csc(-c2ccccc2Cl)n1. The van der Waals surface area contributed by atoms with E-state index in [1.165, 1.54) is 40.4 Å². The number of rotatable bonds is 3. The summed E-state index contributed by atoms with van der Waals surface area (Å²) in [4.78, 5) is 21.2. The molecule has 0 aliphatic heterocycles. The predicted octanol–water partition coefficient (Wildman–Crippen LogP) is 4.36. The molecule has 0 atom stereocenters. The van der Waals surface area contributed by atoms with E-state index >= 15 is 0 Å². The highest BCUT2D eigenvalue weighted by atomic mass is 35.5. The first-order valence-corrected chi connectivity index (χ1v) is 8.71. The van der Waals surface area contributed by atoms with Crippen molar-refractivity contribution < 1.29 is 4.39 Å². The zero-order valence-electron chi connectivity index (χ0n) is 12.8. The van der Waals surface area contributed by atoms with Crippen LogP contribution in [0, 0.1) is 5.82 Å². The Morgan fingerprint density at radius 1 is 1.20 bits per heavy atom. The molecule has 0 saturated heterocycles. The van der Waals surface area contributed by atoms with Crippen molar-refractivity contribution in [1.29, 1.82) is 0 Å². The summed E-state index contributed by atoms with van der Waals surface area (Å²) in [7, 11) is 0. The largest absolute Gasteiger partial charge is 0.293 e. The molecule has 0 amide bonds. The number of fused-ring (bicyclic) bond motifs is 1. The second-order valence-electron chi connectivity index (χ2n) is 5.46. The Morgan fingerprint density at radius 3 is 2.88 bits per heavy atom. The minimum Gasteiger partial charge on any atom is -0.293 e. The van der Waals surface area contributed by atoms with Gasteiger partial charge in [-0.1, -0.05) is 29.8 Å². The van der Waals surface area contributed by atoms with Crippen LogP contribution in [0.15, 0.2) is 59.0 Å². The van der Waals surface area contributed by atoms with Gasteiger partial charge in [-0.3, -0.25) is 9.36 Å². The summed E-state index contributed by atoms with van der Waals surface area (Å²) in [5.41, 5.74) is 1.72. The summed E-state index contributed by atoms with van der Waals surface area (Å²) < 4.78 is 14.7. The van der Waals surface area contributed by atoms with Gasteiger partial charge in [0.25, 0.3) is 5.56 Å². The molecule has 124 valence electrons. The Labute approximate surface area is 151 Å². The quantitative estimate of drug-likeness (QED) is 0.537. The lowest BCUT2D eigenvalue weighted by molar-refractivity contribution is 0.629. The molecule has 0 spiro atoms. The van der Waals surface area contributed by atoms with E-state index in [9.17, 15) is 9.18 Å². The van der Waals surface area contributed by atoms with Crippen LogP contribution in [0.3, 0.4) is 0 Å². The fourth-order valence-corrected chi connectivity index (χ4v) is 3.69. The van der Waals surface area contributed by atoms with Crippen molar-refractivity contribution in [3.63, 3.8) is 0 Å². The Balaban J connectivity index is 1.68. The Morgan fingerprint density at radius 2 is 2.04 bits per heavy atom. The van der Waals surface area contributed by atoms with Gasteiger partial charge in [-0.05, 0) is 18.2 Å². The smallest absolute Gasteiger partial charge is 0.261 e. The van der Waals surface area contributed by atoms with Crippen LogP contribution >= 0.6 is 22.9 Å². The summed E-state index contributed by atoms with van der Waals surface area (Å²) in [5.74, 6) is -0.416. The zero-order valence-corrected chi connectivity index (χ0v) is 14.4. The van der Waals surface area contributed by atoms with E-state index < -0.39 is 5.82 Å². The number of thiazole rings is 1. The Bertz CT molecular complexity index is 1140. The van der Waals surface area contributed by atoms with E-state index in [1.807, 2.05) is 29.6 Å². The van der Waals surface area contributed by atoms with E-state index in [0.29, 0.717) is 22.5 Å². The lowest BCUT2D eigenvalue weighted by Gasteiger charge is -2.05. The van der Waals surface area contributed by atoms with Gasteiger partial charge in [0.2, 0.25) is 0 Å². The van der Waals surface area contributed by atoms with Gasteiger partial charge in [0.05, 0.1) is 34.5 Å². The molecule has 0 bridgehead atoms. The van der Waals surface area contributed by atoms with Crippen molar-refractivity contribution in [2.24, 2.45) is 0 Å². The molecule has 0 saturated carbocycles. The highest BCUT2D eigenvalue weighted by molar-refractivity contribution is 7.13. The highest BCUT2D eigenvalue weighted by Gasteiger charge is 2.10. The van der Waals surface area contributed by atoms with Crippen molar-refractivity contribution >= 4 is 33.8 Å². The van der Waals surface area contributed by atoms with Crippen LogP contribution in [0.2, 0.25) is 5.02 Å². The molecule has 2 aromatic heterocycles. The molecule has 4 rings (SSSR count). The fraction of sp³-hybridized carbons (Fsp3) is 0.0556. The number of nitrogens with zero attached hydrogens (tertiary/aromatic N) is 3. The molecule has 0 aliphatic carbocycles. The average Bonchev–Trinajstić information content (AvgIpc) is 3.06. The van der Waals surface area contributed by atoms with Crippen LogP contribution in [0.25, 0.3) is 21.5 Å². The van der Waals surface area contributed by atoms with Gasteiger partial charge in [-0.2, -0.15) is 0 Å². The predicted molar refractivity (Wildman–Crippen MR) is 97.6 cm³/mol. The molecular formula is C18H11ClFN3OS. The van der Waals surface area contributed by atoms with Crippen molar-refractivity contribution in [3.8, 4) is 10.6 Å². The first-order chi connectivity index (χ1) is 12.1. The first kappa shape index (κ1) is 15.9. The van der Waals surface area contributed by atoms with Gasteiger partial charge in [0.15, 0.2) is 0 Å². The summed E-state index contributed by atoms with van der Waals surface area (Å²) in [6.45, 7) is 0.292. The van der Waals surface area contributed by atoms with Crippen LogP contribution in [-0.4, -0.2) is 14.5 Å². The van der Waals surface area contributed by atoms with Crippen LogP contribution in [0.4, 0.5) is 4.39 Å². The maximum atomic E-state index is 13.2. The molecule has 4 aromatic rings. The molecule has 0 N–H and O–H groups in total. The molecule has 2 heterocycles. The summed E-state index contributed by atoms with van der Waals surface area (Å²) >= 11 is 7.67. The standard InChI is InChI=1S/C18H11ClFN3OS/c19-15-4-2-1-3-13(15)17-22-12(9-25-17)8-23-10-21-16-7-11(20)5-6-14(16)18(23)24/h1-7,9-10H,8H2. The molecule has 0 unspecified atom stereocenters. The fourth-order valence-electron chi connectivity index (χ4n) is 2.56. The van der Waals surface area contributed by atoms with E-state index in [1.54, 1.807) is 0 Å². The lowest BCUT2D eigenvalue weighted by atomic mass is 10.2. The molecule has 0 aliphatic rings. The third-order valence-electron chi connectivity index (χ3n) is 3.78. The van der Waals surface area contributed by atoms with Crippen LogP contribution < -0.4 is 5.56 Å². The van der Waals surface area contributed by atoms with Crippen LogP contribution in [0.1, 0.15) is 5.69 Å². The van der Waals surface area contributed by atoms with E-state index in [-0.39, 0.29) is 5.56 Å². The molecule has 2 aromatic carbocycles. The second-order valence-corrected chi connectivity index (χ2v) is 6.73. The number of halogens is 2. The van der Waals surface area contributed by atoms with Crippen molar-refractivity contribution in [2.45, 2.75) is 6.54 Å². The normalized spacial score (nSPS) is 11.1. The van der Waals surface area contributed by atoms with E-state index in [0.717, 1.165) is 16.3 Å². The minimum absolute atomic E-state index is 0.225. The molecule has 0 radical (unpaired) electrons. The van der Waals surface area contributed by atoms with Gasteiger partial charge < -0.3 is 0 Å². The van der Waals surface area contributed by atoms with Gasteiger partial charge in [0.1, 0.15) is 10.8 Å². The van der Waals surface area contributed by atoms with Crippen LogP contribution in [0.5, 0.6) is 0 Å². The summed E-state index contributed by atoms with van der Waals surface area (Å²) in [6, 6.07) is 11.4. The summed E-state index contributed by atoms with van der Waals surface area (Å²) in [5, 5.41) is 3.70. The third-order valence-corrected chi connectivity index (χ3v) is 5.03. The number of aromatic nitrogens is 3. The third kappa shape index (κ3) is 3.06. The van der Waals surface area contributed by atoms with E-state index in [4.69, 9.17) is 11.6 Å². The number of benzene rings is 2. The molecule has 7 heteroatoms. The van der Waals surface area contributed by atoms with Crippen molar-refractivity contribution in [3.05, 3.63) is 81.1 Å². The number of hydrogen-bond donors (Lipinski definition) is 0. The van der Waals surface area contributed by atoms with Gasteiger partial charge in [-0.25, -0.2) is 14.4 Å². The maximum absolute atomic E-state index is 13.2. The van der Waals surface area contributed by atoms with Gasteiger partial charge >= 0.3 is 0 Å². The average molecular weight is 372 g/mol.